The van der Waals surface area contributed by atoms with Crippen molar-refractivity contribution in [1.82, 2.24) is 4.90 Å². The maximum absolute atomic E-state index is 13.1. The fourth-order valence-electron chi connectivity index (χ4n) is 4.37. The molecule has 1 heterocycles. The molecule has 28 heavy (non-hydrogen) atoms. The Kier molecular flexibility index (Phi) is 5.06. The zero-order valence-corrected chi connectivity index (χ0v) is 16.4. The van der Waals surface area contributed by atoms with Gasteiger partial charge >= 0.3 is 0 Å². The summed E-state index contributed by atoms with van der Waals surface area (Å²) >= 11 is 0. The topological polar surface area (TPSA) is 71.5 Å². The van der Waals surface area contributed by atoms with E-state index in [1.54, 1.807) is 42.5 Å². The van der Waals surface area contributed by atoms with Gasteiger partial charge < -0.3 is 4.90 Å². The number of Topliss-reactive ketones (excluding diaryl/α,β-unsaturated/α-hetero) is 1. The predicted octanol–water partition coefficient (Wildman–Crippen LogP) is 3.49. The van der Waals surface area contributed by atoms with Crippen LogP contribution in [0, 0.1) is 5.92 Å². The number of benzene rings is 2. The van der Waals surface area contributed by atoms with Crippen LogP contribution in [0.5, 0.6) is 0 Å². The lowest BCUT2D eigenvalue weighted by Crippen LogP contribution is -2.53. The first-order chi connectivity index (χ1) is 13.5. The van der Waals surface area contributed by atoms with Gasteiger partial charge in [0, 0.05) is 30.5 Å². The van der Waals surface area contributed by atoms with Gasteiger partial charge in [-0.05, 0) is 49.2 Å². The molecule has 5 nitrogen and oxygen atoms in total. The Morgan fingerprint density at radius 2 is 1.54 bits per heavy atom. The van der Waals surface area contributed by atoms with Crippen molar-refractivity contribution in [2.75, 3.05) is 6.54 Å². The summed E-state index contributed by atoms with van der Waals surface area (Å²) in [5.41, 5.74) is 0.464. The Morgan fingerprint density at radius 1 is 0.893 bits per heavy atom. The van der Waals surface area contributed by atoms with Crippen LogP contribution >= 0.6 is 0 Å². The second-order valence-corrected chi connectivity index (χ2v) is 9.46. The Hall–Kier alpha value is -2.47. The van der Waals surface area contributed by atoms with Gasteiger partial charge in [-0.25, -0.2) is 8.42 Å². The zero-order valence-electron chi connectivity index (χ0n) is 15.6. The van der Waals surface area contributed by atoms with Crippen molar-refractivity contribution in [2.45, 2.75) is 47.9 Å². The largest absolute Gasteiger partial charge is 0.334 e. The first kappa shape index (κ1) is 18.9. The summed E-state index contributed by atoms with van der Waals surface area (Å²) in [6, 6.07) is 14.4. The molecule has 6 heteroatoms. The molecule has 0 N–H and O–H groups in total. The number of carbonyl (C=O) groups excluding carboxylic acids is 2. The van der Waals surface area contributed by atoms with Gasteiger partial charge in [0.25, 0.3) is 5.91 Å². The molecule has 2 atom stereocenters. The maximum Gasteiger partial charge on any atom is 0.254 e. The number of rotatable bonds is 3. The van der Waals surface area contributed by atoms with Crippen LogP contribution in [0.4, 0.5) is 0 Å². The third-order valence-corrected chi connectivity index (χ3v) is 7.65. The highest BCUT2D eigenvalue weighted by molar-refractivity contribution is 7.91. The van der Waals surface area contributed by atoms with Gasteiger partial charge in [0.2, 0.25) is 9.84 Å². The number of ketones is 1. The smallest absolute Gasteiger partial charge is 0.254 e. The lowest BCUT2D eigenvalue weighted by atomic mass is 9.77. The van der Waals surface area contributed by atoms with Crippen molar-refractivity contribution in [1.29, 1.82) is 0 Å². The molecule has 1 aliphatic carbocycles. The van der Waals surface area contributed by atoms with E-state index in [0.29, 0.717) is 18.5 Å². The van der Waals surface area contributed by atoms with Crippen molar-refractivity contribution >= 4 is 21.5 Å². The van der Waals surface area contributed by atoms with Gasteiger partial charge in [-0.15, -0.1) is 0 Å². The molecular weight excluding hydrogens is 374 g/mol. The Balaban J connectivity index is 1.57. The number of sulfone groups is 1. The van der Waals surface area contributed by atoms with E-state index in [4.69, 9.17) is 0 Å². The van der Waals surface area contributed by atoms with Gasteiger partial charge in [-0.3, -0.25) is 9.59 Å². The molecule has 2 aromatic rings. The molecule has 2 aliphatic rings. The number of amides is 1. The van der Waals surface area contributed by atoms with Gasteiger partial charge in [0.15, 0.2) is 0 Å². The summed E-state index contributed by atoms with van der Waals surface area (Å²) in [6.45, 7) is 0.447. The zero-order chi connectivity index (χ0) is 19.7. The van der Waals surface area contributed by atoms with E-state index in [-0.39, 0.29) is 33.4 Å². The standard InChI is InChI=1S/C22H23NO4S/c24-21-14-15-23(20-9-5-4-8-19(20)21)22(25)16-10-12-18(13-11-16)28(26,27)17-6-2-1-3-7-17/h1-3,6-7,10-13,19-20H,4-5,8-9,14-15H2. The lowest BCUT2D eigenvalue weighted by Gasteiger charge is -2.43. The molecule has 1 saturated carbocycles. The number of hydrogen-bond donors (Lipinski definition) is 0. The minimum absolute atomic E-state index is 0.0183. The van der Waals surface area contributed by atoms with Crippen molar-refractivity contribution in [3.63, 3.8) is 0 Å². The second-order valence-electron chi connectivity index (χ2n) is 7.51. The molecule has 1 aliphatic heterocycles. The number of nitrogens with zero attached hydrogens (tertiary/aromatic N) is 1. The van der Waals surface area contributed by atoms with Crippen LogP contribution in [0.3, 0.4) is 0 Å². The van der Waals surface area contributed by atoms with Crippen LogP contribution in [-0.2, 0) is 14.6 Å². The Bertz CT molecular complexity index is 983. The van der Waals surface area contributed by atoms with Crippen LogP contribution in [0.2, 0.25) is 0 Å². The van der Waals surface area contributed by atoms with E-state index in [1.807, 2.05) is 4.90 Å². The minimum atomic E-state index is -3.60. The van der Waals surface area contributed by atoms with E-state index < -0.39 is 9.84 Å². The molecule has 2 fully saturated rings. The van der Waals surface area contributed by atoms with E-state index in [2.05, 4.69) is 0 Å². The van der Waals surface area contributed by atoms with Gasteiger partial charge in [0.05, 0.1) is 9.79 Å². The molecule has 0 radical (unpaired) electrons. The number of carbonyl (C=O) groups is 2. The first-order valence-electron chi connectivity index (χ1n) is 9.72. The summed E-state index contributed by atoms with van der Waals surface area (Å²) in [6.07, 6.45) is 4.21. The van der Waals surface area contributed by atoms with Gasteiger partial charge in [-0.2, -0.15) is 0 Å². The molecule has 0 aromatic heterocycles. The third kappa shape index (κ3) is 3.37. The Labute approximate surface area is 165 Å². The SMILES string of the molecule is O=C1CCN(C(=O)c2ccc(S(=O)(=O)c3ccccc3)cc2)C2CCCCC12. The summed E-state index contributed by atoms with van der Waals surface area (Å²) in [4.78, 5) is 27.5. The molecule has 0 spiro atoms. The Morgan fingerprint density at radius 3 is 2.25 bits per heavy atom. The van der Waals surface area contributed by atoms with E-state index in [9.17, 15) is 18.0 Å². The molecule has 146 valence electrons. The predicted molar refractivity (Wildman–Crippen MR) is 105 cm³/mol. The summed E-state index contributed by atoms with van der Waals surface area (Å²) in [5.74, 6) is 0.121. The monoisotopic (exact) mass is 397 g/mol. The van der Waals surface area contributed by atoms with Crippen molar-refractivity contribution < 1.29 is 18.0 Å². The number of hydrogen-bond acceptors (Lipinski definition) is 4. The van der Waals surface area contributed by atoms with Crippen LogP contribution in [-0.4, -0.2) is 37.6 Å². The number of piperidine rings is 1. The van der Waals surface area contributed by atoms with E-state index in [0.717, 1.165) is 25.7 Å². The molecule has 1 amide bonds. The van der Waals surface area contributed by atoms with Crippen molar-refractivity contribution in [3.05, 3.63) is 60.2 Å². The normalized spacial score (nSPS) is 22.6. The maximum atomic E-state index is 13.1. The quantitative estimate of drug-likeness (QED) is 0.795. The molecule has 4 rings (SSSR count). The van der Waals surface area contributed by atoms with Crippen LogP contribution < -0.4 is 0 Å². The fraction of sp³-hybridized carbons (Fsp3) is 0.364. The first-order valence-corrected chi connectivity index (χ1v) is 11.2. The second kappa shape index (κ2) is 7.51. The van der Waals surface area contributed by atoms with Gasteiger partial charge in [0.1, 0.15) is 5.78 Å². The lowest BCUT2D eigenvalue weighted by molar-refractivity contribution is -0.129. The van der Waals surface area contributed by atoms with Crippen LogP contribution in [0.1, 0.15) is 42.5 Å². The molecule has 1 saturated heterocycles. The average molecular weight is 397 g/mol. The summed E-state index contributed by atoms with van der Waals surface area (Å²) < 4.78 is 25.4. The van der Waals surface area contributed by atoms with Crippen LogP contribution in [0.25, 0.3) is 0 Å². The van der Waals surface area contributed by atoms with E-state index in [1.165, 1.54) is 12.1 Å². The highest BCUT2D eigenvalue weighted by atomic mass is 32.2. The summed E-state index contributed by atoms with van der Waals surface area (Å²) in [5, 5.41) is 0. The fourth-order valence-corrected chi connectivity index (χ4v) is 5.65. The highest BCUT2D eigenvalue weighted by Gasteiger charge is 2.40. The third-order valence-electron chi connectivity index (χ3n) is 5.87. The number of likely N-dealkylation sites (tertiary alicyclic amines) is 1. The molecular formula is C22H23NO4S. The molecule has 0 bridgehead atoms. The summed E-state index contributed by atoms with van der Waals surface area (Å²) in [7, 11) is -3.60. The average Bonchev–Trinajstić information content (AvgIpc) is 2.74. The number of fused-ring (bicyclic) bond motifs is 1. The molecule has 2 aromatic carbocycles. The highest BCUT2D eigenvalue weighted by Crippen LogP contribution is 2.34. The van der Waals surface area contributed by atoms with Crippen LogP contribution in [0.15, 0.2) is 64.4 Å². The van der Waals surface area contributed by atoms with Crippen molar-refractivity contribution in [3.8, 4) is 0 Å². The van der Waals surface area contributed by atoms with Crippen molar-refractivity contribution in [2.24, 2.45) is 5.92 Å². The van der Waals surface area contributed by atoms with Gasteiger partial charge in [-0.1, -0.05) is 31.0 Å². The van der Waals surface area contributed by atoms with E-state index >= 15 is 0 Å². The minimum Gasteiger partial charge on any atom is -0.334 e. The molecule has 2 unspecified atom stereocenters.